The van der Waals surface area contributed by atoms with Gasteiger partial charge in [0, 0.05) is 36.6 Å². The van der Waals surface area contributed by atoms with Crippen LogP contribution in [0.5, 0.6) is 0 Å². The van der Waals surface area contributed by atoms with Gasteiger partial charge in [-0.2, -0.15) is 4.72 Å². The molecule has 12 heteroatoms. The molecule has 0 spiro atoms. The van der Waals surface area contributed by atoms with E-state index < -0.39 is 27.9 Å². The molecule has 0 bridgehead atoms. The van der Waals surface area contributed by atoms with Gasteiger partial charge in [0.25, 0.3) is 0 Å². The number of hydrogen-bond acceptors (Lipinski definition) is 8. The number of hydrogen-bond donors (Lipinski definition) is 3. The number of rotatable bonds is 13. The van der Waals surface area contributed by atoms with Crippen molar-refractivity contribution in [3.8, 4) is 0 Å². The smallest absolute Gasteiger partial charge is 0.325 e. The van der Waals surface area contributed by atoms with Crippen LogP contribution in [0.15, 0.2) is 47.8 Å². The number of benzene rings is 1. The number of anilines is 1. The van der Waals surface area contributed by atoms with Gasteiger partial charge in [0.1, 0.15) is 17.5 Å². The first-order valence-corrected chi connectivity index (χ1v) is 14.8. The number of nitrogens with zero attached hydrogens (tertiary/aromatic N) is 3. The predicted molar refractivity (Wildman–Crippen MR) is 148 cm³/mol. The largest absolute Gasteiger partial charge is 0.465 e. The highest BCUT2D eigenvalue weighted by Crippen LogP contribution is 2.26. The van der Waals surface area contributed by atoms with E-state index in [4.69, 9.17) is 4.74 Å². The number of sulfonamides is 1. The number of fused-ring (bicyclic) bond motifs is 1. The van der Waals surface area contributed by atoms with Crippen molar-refractivity contribution in [2.75, 3.05) is 25.0 Å². The lowest BCUT2D eigenvalue weighted by Crippen LogP contribution is -2.53. The van der Waals surface area contributed by atoms with Gasteiger partial charge in [-0.05, 0) is 57.2 Å². The molecule has 3 aromatic rings. The lowest BCUT2D eigenvalue weighted by atomic mass is 10.1. The van der Waals surface area contributed by atoms with Crippen LogP contribution in [0, 0.1) is 6.92 Å². The number of para-hydroxylation sites is 1. The monoisotopic (exact) mass is 556 g/mol. The van der Waals surface area contributed by atoms with Gasteiger partial charge in [-0.3, -0.25) is 14.6 Å². The van der Waals surface area contributed by atoms with Crippen molar-refractivity contribution < 1.29 is 22.7 Å². The number of aromatic nitrogens is 3. The first-order valence-electron chi connectivity index (χ1n) is 13.4. The van der Waals surface area contributed by atoms with E-state index in [9.17, 15) is 18.0 Å². The number of carbonyl (C=O) groups is 2. The molecule has 0 unspecified atom stereocenters. The van der Waals surface area contributed by atoms with Crippen LogP contribution < -0.4 is 10.0 Å². The Hall–Kier alpha value is -3.51. The summed E-state index contributed by atoms with van der Waals surface area (Å²) in [6.07, 6.45) is 9.04. The summed E-state index contributed by atoms with van der Waals surface area (Å²) in [4.78, 5) is 39.3. The van der Waals surface area contributed by atoms with Crippen LogP contribution in [-0.2, 0) is 24.3 Å². The number of imidazole rings is 1. The molecule has 1 amide bonds. The molecule has 4 rings (SSSR count). The van der Waals surface area contributed by atoms with E-state index in [1.54, 1.807) is 37.6 Å². The van der Waals surface area contributed by atoms with Gasteiger partial charge in [-0.1, -0.05) is 25.0 Å². The van der Waals surface area contributed by atoms with E-state index in [0.717, 1.165) is 31.2 Å². The Morgan fingerprint density at radius 1 is 1.23 bits per heavy atom. The minimum Gasteiger partial charge on any atom is -0.465 e. The molecular weight excluding hydrogens is 520 g/mol. The highest BCUT2D eigenvalue weighted by atomic mass is 32.2. The zero-order valence-corrected chi connectivity index (χ0v) is 23.2. The van der Waals surface area contributed by atoms with Gasteiger partial charge < -0.3 is 19.9 Å². The fourth-order valence-corrected chi connectivity index (χ4v) is 6.37. The molecule has 39 heavy (non-hydrogen) atoms. The molecule has 3 N–H and O–H groups in total. The Morgan fingerprint density at radius 2 is 2.03 bits per heavy atom. The summed E-state index contributed by atoms with van der Waals surface area (Å²) in [6.45, 7) is 4.05. The van der Waals surface area contributed by atoms with Crippen LogP contribution in [0.4, 0.5) is 5.95 Å². The third kappa shape index (κ3) is 7.33. The molecule has 1 aliphatic rings. The van der Waals surface area contributed by atoms with Crippen molar-refractivity contribution >= 4 is 38.8 Å². The maximum absolute atomic E-state index is 13.9. The summed E-state index contributed by atoms with van der Waals surface area (Å²) in [7, 11) is -4.14. The summed E-state index contributed by atoms with van der Waals surface area (Å²) >= 11 is 0. The number of carbonyl (C=O) groups excluding carboxylic acids is 2. The van der Waals surface area contributed by atoms with Crippen LogP contribution in [0.3, 0.4) is 0 Å². The Morgan fingerprint density at radius 3 is 2.74 bits per heavy atom. The molecule has 2 heterocycles. The molecule has 1 saturated carbocycles. The third-order valence-electron chi connectivity index (χ3n) is 6.81. The predicted octanol–water partition coefficient (Wildman–Crippen LogP) is 3.14. The number of aryl methyl sites for hydroxylation is 1. The number of H-pyrrole nitrogens is 1. The topological polar surface area (TPSA) is 146 Å². The van der Waals surface area contributed by atoms with Gasteiger partial charge in [0.2, 0.25) is 15.9 Å². The van der Waals surface area contributed by atoms with E-state index in [0.29, 0.717) is 29.8 Å². The Bertz CT molecular complexity index is 1370. The Balaban J connectivity index is 1.60. The van der Waals surface area contributed by atoms with Crippen molar-refractivity contribution in [2.45, 2.75) is 69.4 Å². The van der Waals surface area contributed by atoms with Gasteiger partial charge in [0.05, 0.1) is 12.1 Å². The molecule has 210 valence electrons. The molecule has 1 atom stereocenters. The average Bonchev–Trinajstić information content (AvgIpc) is 3.63. The highest BCUT2D eigenvalue weighted by Gasteiger charge is 2.35. The van der Waals surface area contributed by atoms with E-state index in [-0.39, 0.29) is 30.5 Å². The second-order valence-electron chi connectivity index (χ2n) is 9.73. The van der Waals surface area contributed by atoms with Crippen LogP contribution in [0.2, 0.25) is 0 Å². The van der Waals surface area contributed by atoms with Gasteiger partial charge >= 0.3 is 5.97 Å². The maximum atomic E-state index is 13.9. The first kappa shape index (κ1) is 28.5. The number of pyridine rings is 1. The third-order valence-corrected chi connectivity index (χ3v) is 8.31. The summed E-state index contributed by atoms with van der Waals surface area (Å²) in [5.74, 6) is -0.349. The van der Waals surface area contributed by atoms with Crippen LogP contribution in [0.25, 0.3) is 10.9 Å². The van der Waals surface area contributed by atoms with E-state index >= 15 is 0 Å². The van der Waals surface area contributed by atoms with Crippen LogP contribution in [-0.4, -0.2) is 71.9 Å². The minimum atomic E-state index is -4.14. The SMILES string of the molecule is CCOC(=O)CN(C(=O)[C@H](CCCNc1ncc[nH]1)NS(=O)(=O)c1cccc2cc(C)cnc12)C1CCCC1. The fourth-order valence-electron chi connectivity index (χ4n) is 4.97. The normalized spacial score (nSPS) is 14.8. The summed E-state index contributed by atoms with van der Waals surface area (Å²) in [5.41, 5.74) is 1.24. The lowest BCUT2D eigenvalue weighted by Gasteiger charge is -2.32. The zero-order valence-electron chi connectivity index (χ0n) is 22.4. The molecule has 0 saturated heterocycles. The molecule has 11 nitrogen and oxygen atoms in total. The molecular formula is C27H36N6O5S. The summed E-state index contributed by atoms with van der Waals surface area (Å²) < 4.78 is 35.2. The second-order valence-corrected chi connectivity index (χ2v) is 11.4. The number of esters is 1. The Labute approximate surface area is 228 Å². The first-order chi connectivity index (χ1) is 18.8. The van der Waals surface area contributed by atoms with E-state index in [2.05, 4.69) is 25.0 Å². The van der Waals surface area contributed by atoms with Gasteiger partial charge in [-0.25, -0.2) is 13.4 Å². The van der Waals surface area contributed by atoms with E-state index in [1.807, 2.05) is 13.0 Å². The lowest BCUT2D eigenvalue weighted by molar-refractivity contribution is -0.151. The van der Waals surface area contributed by atoms with Gasteiger partial charge in [-0.15, -0.1) is 0 Å². The number of amides is 1. The quantitative estimate of drug-likeness (QED) is 0.215. The maximum Gasteiger partial charge on any atom is 0.325 e. The molecule has 1 aromatic carbocycles. The molecule has 1 fully saturated rings. The van der Waals surface area contributed by atoms with Crippen molar-refractivity contribution in [1.29, 1.82) is 0 Å². The van der Waals surface area contributed by atoms with Crippen LogP contribution >= 0.6 is 0 Å². The molecule has 0 radical (unpaired) electrons. The number of aromatic amines is 1. The van der Waals surface area contributed by atoms with Crippen LogP contribution in [0.1, 0.15) is 51.0 Å². The average molecular weight is 557 g/mol. The molecule has 0 aliphatic heterocycles. The van der Waals surface area contributed by atoms with Crippen molar-refractivity contribution in [1.82, 2.24) is 24.6 Å². The van der Waals surface area contributed by atoms with Gasteiger partial charge in [0.15, 0.2) is 5.95 Å². The Kier molecular flexibility index (Phi) is 9.52. The second kappa shape index (κ2) is 13.0. The van der Waals surface area contributed by atoms with Crippen molar-refractivity contribution in [2.24, 2.45) is 0 Å². The zero-order chi connectivity index (χ0) is 27.8. The minimum absolute atomic E-state index is 0.00400. The van der Waals surface area contributed by atoms with Crippen molar-refractivity contribution in [3.05, 3.63) is 48.4 Å². The van der Waals surface area contributed by atoms with Crippen molar-refractivity contribution in [3.63, 3.8) is 0 Å². The highest BCUT2D eigenvalue weighted by molar-refractivity contribution is 7.89. The summed E-state index contributed by atoms with van der Waals surface area (Å²) in [5, 5.41) is 3.82. The standard InChI is InChI=1S/C27H36N6O5S/c1-3-38-24(34)18-33(21-9-4-5-10-21)26(35)22(11-7-13-28-27-29-14-15-30-27)32-39(36,37)23-12-6-8-20-16-19(2)17-31-25(20)23/h6,8,12,14-17,21-22,32H,3-5,7,9-11,13,18H2,1-2H3,(H2,28,29,30)/t22-/m0/s1. The fraction of sp³-hybridized carbons (Fsp3) is 0.481. The number of ether oxygens (including phenoxy) is 1. The molecule has 1 aliphatic carbocycles. The van der Waals surface area contributed by atoms with E-state index in [1.165, 1.54) is 11.0 Å². The summed E-state index contributed by atoms with van der Waals surface area (Å²) in [6, 6.07) is 5.60. The number of nitrogens with one attached hydrogen (secondary N) is 3. The molecule has 2 aromatic heterocycles.